The maximum atomic E-state index is 13.2. The molecule has 0 radical (unpaired) electrons. The summed E-state index contributed by atoms with van der Waals surface area (Å²) in [5.74, 6) is 0.0554. The van der Waals surface area contributed by atoms with Gasteiger partial charge in [0.15, 0.2) is 0 Å². The molecule has 3 aromatic carbocycles. The van der Waals surface area contributed by atoms with Crippen LogP contribution in [-0.2, 0) is 22.1 Å². The number of rotatable bonds is 8. The Bertz CT molecular complexity index is 1680. The maximum Gasteiger partial charge on any atom is 0.270 e. The summed E-state index contributed by atoms with van der Waals surface area (Å²) >= 11 is 12.0. The molecule has 2 N–H and O–H groups in total. The van der Waals surface area contributed by atoms with Crippen LogP contribution in [0.25, 0.3) is 11.3 Å². The van der Waals surface area contributed by atoms with Crippen molar-refractivity contribution in [3.05, 3.63) is 104 Å². The lowest BCUT2D eigenvalue weighted by Crippen LogP contribution is -2.20. The Labute approximate surface area is 223 Å². The van der Waals surface area contributed by atoms with Crippen molar-refractivity contribution in [1.29, 1.82) is 5.26 Å². The van der Waals surface area contributed by atoms with E-state index >= 15 is 0 Å². The minimum Gasteiger partial charge on any atom is -0.497 e. The first-order valence-corrected chi connectivity index (χ1v) is 13.3. The Kier molecular flexibility index (Phi) is 7.83. The van der Waals surface area contributed by atoms with Crippen molar-refractivity contribution in [1.82, 2.24) is 9.97 Å². The third kappa shape index (κ3) is 6.12. The number of hydrogen-bond donors (Lipinski definition) is 2. The van der Waals surface area contributed by atoms with E-state index in [1.54, 1.807) is 66.7 Å². The molecule has 4 rings (SSSR count). The van der Waals surface area contributed by atoms with Gasteiger partial charge in [0.2, 0.25) is 15.0 Å². The minimum atomic E-state index is -4.07. The van der Waals surface area contributed by atoms with Crippen molar-refractivity contribution >= 4 is 38.7 Å². The van der Waals surface area contributed by atoms with Crippen molar-refractivity contribution in [2.75, 3.05) is 12.4 Å². The van der Waals surface area contributed by atoms with Crippen LogP contribution in [0.2, 0.25) is 10.0 Å². The highest BCUT2D eigenvalue weighted by Gasteiger charge is 2.23. The topological polar surface area (TPSA) is 125 Å². The summed E-state index contributed by atoms with van der Waals surface area (Å²) < 4.78 is 31.7. The number of nitrogens with zero attached hydrogens (tertiary/aromatic N) is 2. The van der Waals surface area contributed by atoms with Gasteiger partial charge in [-0.05, 0) is 47.5 Å². The van der Waals surface area contributed by atoms with Crippen LogP contribution in [0.1, 0.15) is 16.7 Å². The monoisotopic (exact) mass is 554 g/mol. The lowest BCUT2D eigenvalue weighted by molar-refractivity contribution is 0.415. The minimum absolute atomic E-state index is 0.0410. The number of hydrogen-bond acceptors (Lipinski definition) is 7. The summed E-state index contributed by atoms with van der Waals surface area (Å²) in [4.78, 5) is 19.0. The Balaban J connectivity index is 1.61. The molecule has 0 bridgehead atoms. The second kappa shape index (κ2) is 11.0. The van der Waals surface area contributed by atoms with E-state index in [0.717, 1.165) is 5.56 Å². The van der Waals surface area contributed by atoms with E-state index in [-0.39, 0.29) is 11.3 Å². The molecule has 0 atom stereocenters. The smallest absolute Gasteiger partial charge is 0.270 e. The van der Waals surface area contributed by atoms with Gasteiger partial charge < -0.3 is 10.1 Å². The number of aromatic nitrogens is 2. The molecule has 0 aliphatic rings. The van der Waals surface area contributed by atoms with Crippen LogP contribution in [-0.4, -0.2) is 25.5 Å². The van der Waals surface area contributed by atoms with Crippen molar-refractivity contribution < 1.29 is 13.2 Å². The molecule has 0 saturated heterocycles. The fourth-order valence-corrected chi connectivity index (χ4v) is 5.15. The lowest BCUT2D eigenvalue weighted by atomic mass is 10.1. The van der Waals surface area contributed by atoms with Gasteiger partial charge in [0, 0.05) is 17.8 Å². The van der Waals surface area contributed by atoms with E-state index in [1.807, 2.05) is 6.07 Å². The zero-order valence-corrected chi connectivity index (χ0v) is 21.8. The van der Waals surface area contributed by atoms with Gasteiger partial charge >= 0.3 is 0 Å². The fourth-order valence-electron chi connectivity index (χ4n) is 3.60. The lowest BCUT2D eigenvalue weighted by Gasteiger charge is -2.11. The second-order valence-electron chi connectivity index (χ2n) is 8.00. The second-order valence-corrected chi connectivity index (χ2v) is 10.7. The number of sulfone groups is 1. The number of methoxy groups -OCH3 is 1. The third-order valence-electron chi connectivity index (χ3n) is 5.41. The molecule has 8 nitrogen and oxygen atoms in total. The number of ether oxygens (including phenoxy) is 1. The molecule has 0 saturated carbocycles. The SMILES string of the molecule is COc1cccc(-c2nc(S(=O)(=O)Cc3cccc(NCc4ccc(Cl)c(Cl)c4)c3)[nH]c(=O)c2C#N)c1. The number of aromatic amines is 1. The number of nitrogens with one attached hydrogen (secondary N) is 2. The first kappa shape index (κ1) is 26.2. The van der Waals surface area contributed by atoms with Gasteiger partial charge in [0.1, 0.15) is 17.4 Å². The van der Waals surface area contributed by atoms with Crippen molar-refractivity contribution in [3.63, 3.8) is 0 Å². The van der Waals surface area contributed by atoms with Gasteiger partial charge in [0.05, 0.1) is 28.6 Å². The van der Waals surface area contributed by atoms with E-state index < -0.39 is 26.3 Å². The highest BCUT2D eigenvalue weighted by molar-refractivity contribution is 7.90. The standard InChI is InChI=1S/C26H20Cl2N4O4S/c1-36-20-7-3-5-18(12-20)24-21(13-29)25(33)32-26(31-24)37(34,35)15-17-4-2-6-19(10-17)30-14-16-8-9-22(27)23(28)11-16/h2-12,30H,14-15H2,1H3,(H,31,32,33). The van der Waals surface area contributed by atoms with Crippen molar-refractivity contribution in [2.24, 2.45) is 0 Å². The van der Waals surface area contributed by atoms with Gasteiger partial charge in [-0.1, -0.05) is 53.5 Å². The summed E-state index contributed by atoms with van der Waals surface area (Å²) in [6.45, 7) is 0.446. The molecule has 0 unspecified atom stereocenters. The first-order chi connectivity index (χ1) is 17.7. The summed E-state index contributed by atoms with van der Waals surface area (Å²) in [6.07, 6.45) is 0. The average molecular weight is 555 g/mol. The Morgan fingerprint density at radius 1 is 1.03 bits per heavy atom. The predicted molar refractivity (Wildman–Crippen MR) is 143 cm³/mol. The van der Waals surface area contributed by atoms with Crippen LogP contribution >= 0.6 is 23.2 Å². The highest BCUT2D eigenvalue weighted by atomic mass is 35.5. The number of nitriles is 1. The van der Waals surface area contributed by atoms with Gasteiger partial charge in [-0.2, -0.15) is 5.26 Å². The summed E-state index contributed by atoms with van der Waals surface area (Å²) in [5.41, 5.74) is 1.28. The molecule has 37 heavy (non-hydrogen) atoms. The van der Waals surface area contributed by atoms with E-state index in [9.17, 15) is 18.5 Å². The van der Waals surface area contributed by atoms with Crippen molar-refractivity contribution in [3.8, 4) is 23.1 Å². The van der Waals surface area contributed by atoms with Crippen LogP contribution in [0.3, 0.4) is 0 Å². The Hall–Kier alpha value is -3.84. The van der Waals surface area contributed by atoms with Gasteiger partial charge in [-0.3, -0.25) is 9.78 Å². The summed E-state index contributed by atoms with van der Waals surface area (Å²) in [6, 6.07) is 20.5. The third-order valence-corrected chi connectivity index (χ3v) is 7.65. The largest absolute Gasteiger partial charge is 0.497 e. The molecule has 0 fully saturated rings. The quantitative estimate of drug-likeness (QED) is 0.286. The Morgan fingerprint density at radius 2 is 1.81 bits per heavy atom. The van der Waals surface area contributed by atoms with Gasteiger partial charge in [-0.25, -0.2) is 13.4 Å². The van der Waals surface area contributed by atoms with E-state index in [0.29, 0.717) is 39.2 Å². The summed E-state index contributed by atoms with van der Waals surface area (Å²) in [5, 5.41) is 13.1. The normalized spacial score (nSPS) is 11.1. The van der Waals surface area contributed by atoms with Crippen LogP contribution in [0.15, 0.2) is 76.7 Å². The Morgan fingerprint density at radius 3 is 2.54 bits per heavy atom. The van der Waals surface area contributed by atoms with Crippen LogP contribution in [0, 0.1) is 11.3 Å². The molecule has 4 aromatic rings. The maximum absolute atomic E-state index is 13.2. The molecule has 1 aromatic heterocycles. The molecule has 0 aliphatic heterocycles. The predicted octanol–water partition coefficient (Wildman–Crippen LogP) is 5.21. The number of anilines is 1. The van der Waals surface area contributed by atoms with Crippen LogP contribution < -0.4 is 15.6 Å². The van der Waals surface area contributed by atoms with Gasteiger partial charge in [0.25, 0.3) is 5.56 Å². The number of halogens is 2. The van der Waals surface area contributed by atoms with E-state index in [1.165, 1.54) is 7.11 Å². The molecular formula is C26H20Cl2N4O4S. The number of H-pyrrole nitrogens is 1. The molecule has 0 amide bonds. The van der Waals surface area contributed by atoms with Crippen LogP contribution in [0.4, 0.5) is 5.69 Å². The molecule has 1 heterocycles. The first-order valence-electron chi connectivity index (χ1n) is 10.9. The van der Waals surface area contributed by atoms with E-state index in [4.69, 9.17) is 27.9 Å². The van der Waals surface area contributed by atoms with Crippen LogP contribution in [0.5, 0.6) is 5.75 Å². The molecule has 0 aliphatic carbocycles. The van der Waals surface area contributed by atoms with E-state index in [2.05, 4.69) is 15.3 Å². The average Bonchev–Trinajstić information content (AvgIpc) is 2.89. The van der Waals surface area contributed by atoms with Crippen molar-refractivity contribution in [2.45, 2.75) is 17.5 Å². The molecule has 0 spiro atoms. The molecular weight excluding hydrogens is 535 g/mol. The zero-order valence-electron chi connectivity index (χ0n) is 19.5. The fraction of sp³-hybridized carbons (Fsp3) is 0.115. The molecule has 188 valence electrons. The number of benzene rings is 3. The summed E-state index contributed by atoms with van der Waals surface area (Å²) in [7, 11) is -2.60. The van der Waals surface area contributed by atoms with Gasteiger partial charge in [-0.15, -0.1) is 0 Å². The molecule has 11 heteroatoms. The zero-order chi connectivity index (χ0) is 26.6. The highest BCUT2D eigenvalue weighted by Crippen LogP contribution is 2.26.